The number of ether oxygens (including phenoxy) is 1. The van der Waals surface area contributed by atoms with Gasteiger partial charge in [-0.3, -0.25) is 19.9 Å². The van der Waals surface area contributed by atoms with Gasteiger partial charge in [-0.2, -0.15) is 5.53 Å². The van der Waals surface area contributed by atoms with E-state index in [1.54, 1.807) is 6.08 Å². The van der Waals surface area contributed by atoms with Crippen LogP contribution in [0.4, 0.5) is 0 Å². The van der Waals surface area contributed by atoms with Crippen molar-refractivity contribution in [2.45, 2.75) is 38.2 Å². The maximum Gasteiger partial charge on any atom is 0.225 e. The zero-order chi connectivity index (χ0) is 24.9. The van der Waals surface area contributed by atoms with Crippen molar-refractivity contribution in [2.75, 3.05) is 39.3 Å². The highest BCUT2D eigenvalue weighted by atomic mass is 16.5. The summed E-state index contributed by atoms with van der Waals surface area (Å²) in [6, 6.07) is 0. The quantitative estimate of drug-likeness (QED) is 0.118. The van der Waals surface area contributed by atoms with Crippen LogP contribution in [0.5, 0.6) is 0 Å². The summed E-state index contributed by atoms with van der Waals surface area (Å²) in [5, 5.41) is 12.8. The largest absolute Gasteiger partial charge is 0.345 e. The van der Waals surface area contributed by atoms with E-state index >= 15 is 0 Å². The molecule has 2 unspecified atom stereocenters. The van der Waals surface area contributed by atoms with E-state index in [2.05, 4.69) is 61.7 Å². The third-order valence-electron chi connectivity index (χ3n) is 5.95. The van der Waals surface area contributed by atoms with E-state index in [-0.39, 0.29) is 12.1 Å². The maximum atomic E-state index is 12.4. The summed E-state index contributed by atoms with van der Waals surface area (Å²) in [6.45, 7) is 12.8. The van der Waals surface area contributed by atoms with Crippen molar-refractivity contribution in [2.24, 2.45) is 5.22 Å². The van der Waals surface area contributed by atoms with E-state index in [1.807, 2.05) is 24.3 Å². The Morgan fingerprint density at radius 3 is 2.83 bits per heavy atom. The standard InChI is InChI=1S/C25H38N8O2/c1-3-4-5-6-7-10-18-35-25-28-23(30-31-26)22-24(29-25)33(17-13-21(34)27-22)19-20(2)12-11-16-32-14-8-9-15-32/h3-7,11-12,24-25,28-29H,1-2,8-10,13-19H2,(H2,26,30)(H,27,34)/b5-4-,7-6+,12-11+. The zero-order valence-corrected chi connectivity index (χ0v) is 20.3. The summed E-state index contributed by atoms with van der Waals surface area (Å²) in [6.07, 6.45) is 16.5. The molecule has 190 valence electrons. The van der Waals surface area contributed by atoms with Crippen LogP contribution in [0.3, 0.4) is 0 Å². The smallest absolute Gasteiger partial charge is 0.225 e. The van der Waals surface area contributed by atoms with Gasteiger partial charge in [0.15, 0.2) is 6.35 Å². The highest BCUT2D eigenvalue weighted by Crippen LogP contribution is 2.19. The number of amides is 1. The first-order chi connectivity index (χ1) is 17.1. The Morgan fingerprint density at radius 2 is 2.06 bits per heavy atom. The number of nitrogens with one attached hydrogen (secondary N) is 5. The number of fused-ring (bicyclic) bond motifs is 1. The molecule has 0 bridgehead atoms. The minimum absolute atomic E-state index is 0.0901. The van der Waals surface area contributed by atoms with Crippen LogP contribution in [0.15, 0.2) is 78.0 Å². The van der Waals surface area contributed by atoms with Crippen LogP contribution >= 0.6 is 0 Å². The van der Waals surface area contributed by atoms with Gasteiger partial charge in [0, 0.05) is 26.1 Å². The fourth-order valence-electron chi connectivity index (χ4n) is 4.25. The van der Waals surface area contributed by atoms with Crippen LogP contribution in [-0.2, 0) is 9.53 Å². The molecule has 2 fully saturated rings. The predicted octanol–water partition coefficient (Wildman–Crippen LogP) is 2.23. The van der Waals surface area contributed by atoms with Crippen LogP contribution < -0.4 is 21.4 Å². The minimum Gasteiger partial charge on any atom is -0.345 e. The van der Waals surface area contributed by atoms with Gasteiger partial charge in [-0.25, -0.2) is 5.43 Å². The molecular weight excluding hydrogens is 444 g/mol. The van der Waals surface area contributed by atoms with Crippen LogP contribution in [-0.4, -0.2) is 67.6 Å². The summed E-state index contributed by atoms with van der Waals surface area (Å²) in [5.74, 6) is 0.348. The first-order valence-electron chi connectivity index (χ1n) is 12.2. The molecular formula is C25H38N8O2. The SMILES string of the molecule is C=C/C=C\C=C\CCOC1NC(NN=N)=C2NC(=O)CCN(CC(=C)/C=C/CN3CCCC3)C2N1. The molecule has 0 aliphatic carbocycles. The number of nitrogens with zero attached hydrogens (tertiary/aromatic N) is 3. The Kier molecular flexibility index (Phi) is 10.9. The van der Waals surface area contributed by atoms with Gasteiger partial charge in [0.25, 0.3) is 0 Å². The molecule has 0 aromatic carbocycles. The molecule has 0 spiro atoms. The molecule has 0 saturated carbocycles. The third-order valence-corrected chi connectivity index (χ3v) is 5.95. The van der Waals surface area contributed by atoms with Crippen LogP contribution in [0.2, 0.25) is 0 Å². The average molecular weight is 483 g/mol. The molecule has 10 heteroatoms. The summed E-state index contributed by atoms with van der Waals surface area (Å²) in [7, 11) is 0. The molecule has 3 rings (SSSR count). The van der Waals surface area contributed by atoms with Gasteiger partial charge >= 0.3 is 0 Å². The zero-order valence-electron chi connectivity index (χ0n) is 20.3. The van der Waals surface area contributed by atoms with Gasteiger partial charge in [-0.1, -0.05) is 60.9 Å². The molecule has 0 radical (unpaired) electrons. The van der Waals surface area contributed by atoms with Crippen molar-refractivity contribution in [1.82, 2.24) is 31.2 Å². The van der Waals surface area contributed by atoms with E-state index in [0.29, 0.717) is 37.6 Å². The van der Waals surface area contributed by atoms with E-state index in [0.717, 1.165) is 31.6 Å². The fourth-order valence-corrected chi connectivity index (χ4v) is 4.25. The Bertz CT molecular complexity index is 873. The van der Waals surface area contributed by atoms with Crippen molar-refractivity contribution < 1.29 is 9.53 Å². The van der Waals surface area contributed by atoms with Crippen molar-refractivity contribution in [3.8, 4) is 0 Å². The highest BCUT2D eigenvalue weighted by Gasteiger charge is 2.36. The lowest BCUT2D eigenvalue weighted by Crippen LogP contribution is -2.62. The number of likely N-dealkylation sites (tertiary alicyclic amines) is 1. The fraction of sp³-hybridized carbons (Fsp3) is 0.480. The number of hydrogen-bond donors (Lipinski definition) is 5. The van der Waals surface area contributed by atoms with Crippen LogP contribution in [0.1, 0.15) is 25.7 Å². The van der Waals surface area contributed by atoms with Crippen LogP contribution in [0.25, 0.3) is 0 Å². The van der Waals surface area contributed by atoms with Crippen LogP contribution in [0, 0.1) is 5.53 Å². The monoisotopic (exact) mass is 482 g/mol. The van der Waals surface area contributed by atoms with E-state index in [4.69, 9.17) is 10.3 Å². The average Bonchev–Trinajstić information content (AvgIpc) is 3.30. The number of allylic oxidation sites excluding steroid dienone is 4. The molecule has 1 amide bonds. The lowest BCUT2D eigenvalue weighted by molar-refractivity contribution is -0.120. The van der Waals surface area contributed by atoms with Gasteiger partial charge in [0.2, 0.25) is 5.91 Å². The normalized spacial score (nSPS) is 23.9. The van der Waals surface area contributed by atoms with Crippen molar-refractivity contribution >= 4 is 5.91 Å². The van der Waals surface area contributed by atoms with E-state index < -0.39 is 6.35 Å². The summed E-state index contributed by atoms with van der Waals surface area (Å²) >= 11 is 0. The number of carbonyl (C=O) groups is 1. The first-order valence-corrected chi connectivity index (χ1v) is 12.2. The van der Waals surface area contributed by atoms with E-state index in [1.165, 1.54) is 12.8 Å². The molecule has 10 nitrogen and oxygen atoms in total. The number of rotatable bonds is 13. The molecule has 2 atom stereocenters. The molecule has 3 aliphatic rings. The van der Waals surface area contributed by atoms with Crippen molar-refractivity contribution in [3.63, 3.8) is 0 Å². The second-order valence-electron chi connectivity index (χ2n) is 8.65. The van der Waals surface area contributed by atoms with E-state index in [9.17, 15) is 4.79 Å². The molecule has 35 heavy (non-hydrogen) atoms. The summed E-state index contributed by atoms with van der Waals surface area (Å²) in [5.41, 5.74) is 11.5. The Balaban J connectivity index is 1.65. The number of carbonyl (C=O) groups excluding carboxylic acids is 1. The molecule has 0 aromatic rings. The van der Waals surface area contributed by atoms with Crippen molar-refractivity contribution in [1.29, 1.82) is 5.53 Å². The Labute approximate surface area is 208 Å². The molecule has 0 aromatic heterocycles. The van der Waals surface area contributed by atoms with Gasteiger partial charge in [0.05, 0.1) is 12.3 Å². The number of hydrogen-bond acceptors (Lipinski definition) is 8. The van der Waals surface area contributed by atoms with Gasteiger partial charge < -0.3 is 15.4 Å². The third kappa shape index (κ3) is 8.59. The highest BCUT2D eigenvalue weighted by molar-refractivity contribution is 5.78. The van der Waals surface area contributed by atoms with Crippen molar-refractivity contribution in [3.05, 3.63) is 72.8 Å². The summed E-state index contributed by atoms with van der Waals surface area (Å²) < 4.78 is 5.98. The Morgan fingerprint density at radius 1 is 1.23 bits per heavy atom. The molecule has 3 heterocycles. The summed E-state index contributed by atoms with van der Waals surface area (Å²) in [4.78, 5) is 17.0. The lowest BCUT2D eigenvalue weighted by Gasteiger charge is -2.39. The molecule has 5 N–H and O–H groups in total. The lowest BCUT2D eigenvalue weighted by atomic mass is 10.2. The second kappa shape index (κ2) is 14.4. The topological polar surface area (TPSA) is 117 Å². The van der Waals surface area contributed by atoms with Gasteiger partial charge in [0.1, 0.15) is 12.0 Å². The minimum atomic E-state index is -0.526. The Hall–Kier alpha value is -3.05. The molecule has 3 aliphatic heterocycles. The van der Waals surface area contributed by atoms with Gasteiger partial charge in [-0.15, -0.1) is 0 Å². The van der Waals surface area contributed by atoms with Gasteiger partial charge in [-0.05, 0) is 37.9 Å². The predicted molar refractivity (Wildman–Crippen MR) is 136 cm³/mol. The second-order valence-corrected chi connectivity index (χ2v) is 8.65. The molecule has 2 saturated heterocycles. The maximum absolute atomic E-state index is 12.4. The first kappa shape index (κ1) is 26.6.